The van der Waals surface area contributed by atoms with Gasteiger partial charge in [-0.25, -0.2) is 12.7 Å². The second-order valence-electron chi connectivity index (χ2n) is 4.02. The predicted molar refractivity (Wildman–Crippen MR) is 60.1 cm³/mol. The second kappa shape index (κ2) is 5.82. The molecule has 1 rings (SSSR count). The maximum atomic E-state index is 12.1. The minimum absolute atomic E-state index is 0.0523. The number of sulfonamides is 1. The van der Waals surface area contributed by atoms with E-state index < -0.39 is 10.0 Å². The molecule has 0 unspecified atom stereocenters. The van der Waals surface area contributed by atoms with Gasteiger partial charge in [-0.2, -0.15) is 0 Å². The van der Waals surface area contributed by atoms with Gasteiger partial charge >= 0.3 is 0 Å². The van der Waals surface area contributed by atoms with Gasteiger partial charge in [0.05, 0.1) is 5.25 Å². The molecule has 1 aliphatic carbocycles. The third-order valence-electron chi connectivity index (χ3n) is 3.00. The van der Waals surface area contributed by atoms with Gasteiger partial charge in [0.25, 0.3) is 0 Å². The average Bonchev–Trinajstić information content (AvgIpc) is 2.72. The van der Waals surface area contributed by atoms with Crippen LogP contribution < -0.4 is 0 Å². The van der Waals surface area contributed by atoms with Gasteiger partial charge in [-0.05, 0) is 19.3 Å². The summed E-state index contributed by atoms with van der Waals surface area (Å²) in [6.07, 6.45) is 4.19. The Morgan fingerprint density at radius 2 is 1.93 bits per heavy atom. The highest BCUT2D eigenvalue weighted by atomic mass is 32.2. The van der Waals surface area contributed by atoms with Crippen LogP contribution in [-0.4, -0.2) is 42.8 Å². The Hall–Kier alpha value is -0.130. The molecule has 0 bridgehead atoms. The van der Waals surface area contributed by atoms with Crippen LogP contribution in [0.2, 0.25) is 0 Å². The molecular formula is C10H21NO3S. The van der Waals surface area contributed by atoms with Crippen molar-refractivity contribution >= 4 is 10.0 Å². The molecule has 1 aliphatic rings. The SMILES string of the molecule is CCN(CCCO)S(=O)(=O)C1CCCC1. The van der Waals surface area contributed by atoms with E-state index >= 15 is 0 Å². The number of aliphatic hydroxyl groups excluding tert-OH is 1. The minimum atomic E-state index is -3.10. The second-order valence-corrected chi connectivity index (χ2v) is 6.23. The van der Waals surface area contributed by atoms with Crippen molar-refractivity contribution in [3.05, 3.63) is 0 Å². The Morgan fingerprint density at radius 1 is 1.33 bits per heavy atom. The molecule has 5 heteroatoms. The van der Waals surface area contributed by atoms with Crippen LogP contribution in [0.4, 0.5) is 0 Å². The fourth-order valence-electron chi connectivity index (χ4n) is 2.11. The number of rotatable bonds is 6. The predicted octanol–water partition coefficient (Wildman–Crippen LogP) is 0.963. The Labute approximate surface area is 92.3 Å². The third-order valence-corrected chi connectivity index (χ3v) is 5.48. The van der Waals surface area contributed by atoms with E-state index in [1.807, 2.05) is 6.92 Å². The largest absolute Gasteiger partial charge is 0.396 e. The summed E-state index contributed by atoms with van der Waals surface area (Å²) in [7, 11) is -3.10. The fraction of sp³-hybridized carbons (Fsp3) is 1.00. The summed E-state index contributed by atoms with van der Waals surface area (Å²) >= 11 is 0. The molecule has 0 aromatic rings. The van der Waals surface area contributed by atoms with Crippen LogP contribution in [-0.2, 0) is 10.0 Å². The summed E-state index contributed by atoms with van der Waals surface area (Å²) in [5.41, 5.74) is 0. The zero-order valence-electron chi connectivity index (χ0n) is 9.35. The van der Waals surface area contributed by atoms with Gasteiger partial charge in [0.2, 0.25) is 10.0 Å². The molecule has 1 N–H and O–H groups in total. The Morgan fingerprint density at radius 3 is 2.40 bits per heavy atom. The molecule has 0 spiro atoms. The van der Waals surface area contributed by atoms with Crippen molar-refractivity contribution in [2.24, 2.45) is 0 Å². The van der Waals surface area contributed by atoms with E-state index in [0.29, 0.717) is 19.5 Å². The molecule has 4 nitrogen and oxygen atoms in total. The average molecular weight is 235 g/mol. The van der Waals surface area contributed by atoms with E-state index in [9.17, 15) is 8.42 Å². The molecule has 0 radical (unpaired) electrons. The summed E-state index contributed by atoms with van der Waals surface area (Å²) in [6, 6.07) is 0. The highest BCUT2D eigenvalue weighted by Gasteiger charge is 2.32. The fourth-order valence-corrected chi connectivity index (χ4v) is 4.20. The Kier molecular flexibility index (Phi) is 5.02. The first-order valence-electron chi connectivity index (χ1n) is 5.72. The first-order chi connectivity index (χ1) is 7.12. The van der Waals surface area contributed by atoms with Gasteiger partial charge in [-0.15, -0.1) is 0 Å². The van der Waals surface area contributed by atoms with Crippen molar-refractivity contribution in [2.75, 3.05) is 19.7 Å². The summed E-state index contributed by atoms with van der Waals surface area (Å²) in [4.78, 5) is 0. The van der Waals surface area contributed by atoms with Crippen molar-refractivity contribution in [1.29, 1.82) is 0 Å². The zero-order valence-corrected chi connectivity index (χ0v) is 10.2. The number of hydrogen-bond acceptors (Lipinski definition) is 3. The highest BCUT2D eigenvalue weighted by molar-refractivity contribution is 7.89. The Bertz CT molecular complexity index is 270. The van der Waals surface area contributed by atoms with Crippen molar-refractivity contribution < 1.29 is 13.5 Å². The van der Waals surface area contributed by atoms with E-state index in [1.165, 1.54) is 4.31 Å². The number of aliphatic hydroxyl groups is 1. The van der Waals surface area contributed by atoms with Gasteiger partial charge in [-0.1, -0.05) is 19.8 Å². The van der Waals surface area contributed by atoms with Gasteiger partial charge < -0.3 is 5.11 Å². The molecule has 0 amide bonds. The Balaban J connectivity index is 2.63. The lowest BCUT2D eigenvalue weighted by Gasteiger charge is -2.23. The summed E-state index contributed by atoms with van der Waals surface area (Å²) in [6.45, 7) is 2.87. The van der Waals surface area contributed by atoms with Gasteiger partial charge in [0, 0.05) is 19.7 Å². The lowest BCUT2D eigenvalue weighted by molar-refractivity contribution is 0.270. The van der Waals surface area contributed by atoms with Gasteiger partial charge in [-0.3, -0.25) is 0 Å². The maximum absolute atomic E-state index is 12.1. The number of hydrogen-bond donors (Lipinski definition) is 1. The van der Waals surface area contributed by atoms with E-state index in [0.717, 1.165) is 25.7 Å². The van der Waals surface area contributed by atoms with Crippen LogP contribution in [0.15, 0.2) is 0 Å². The first kappa shape index (κ1) is 12.9. The highest BCUT2D eigenvalue weighted by Crippen LogP contribution is 2.26. The first-order valence-corrected chi connectivity index (χ1v) is 7.23. The molecule has 0 aliphatic heterocycles. The summed E-state index contributed by atoms with van der Waals surface area (Å²) in [5, 5.41) is 8.55. The van der Waals surface area contributed by atoms with Crippen LogP contribution >= 0.6 is 0 Å². The lowest BCUT2D eigenvalue weighted by atomic mass is 10.4. The maximum Gasteiger partial charge on any atom is 0.216 e. The van der Waals surface area contributed by atoms with Crippen molar-refractivity contribution in [3.8, 4) is 0 Å². The normalized spacial score (nSPS) is 18.9. The van der Waals surface area contributed by atoms with Crippen LogP contribution in [0.1, 0.15) is 39.0 Å². The smallest absolute Gasteiger partial charge is 0.216 e. The molecule has 90 valence electrons. The van der Waals surface area contributed by atoms with Crippen molar-refractivity contribution in [2.45, 2.75) is 44.3 Å². The third kappa shape index (κ3) is 3.16. The molecule has 0 atom stereocenters. The molecule has 0 heterocycles. The van der Waals surface area contributed by atoms with Gasteiger partial charge in [0.1, 0.15) is 0 Å². The molecule has 15 heavy (non-hydrogen) atoms. The van der Waals surface area contributed by atoms with E-state index in [4.69, 9.17) is 5.11 Å². The summed E-state index contributed by atoms with van der Waals surface area (Å²) in [5.74, 6) is 0. The zero-order chi connectivity index (χ0) is 11.3. The molecule has 1 fully saturated rings. The molecule has 0 aromatic heterocycles. The molecule has 0 saturated heterocycles. The van der Waals surface area contributed by atoms with Crippen molar-refractivity contribution in [3.63, 3.8) is 0 Å². The van der Waals surface area contributed by atoms with E-state index in [-0.39, 0.29) is 11.9 Å². The molecular weight excluding hydrogens is 214 g/mol. The van der Waals surface area contributed by atoms with Crippen LogP contribution in [0.25, 0.3) is 0 Å². The monoisotopic (exact) mass is 235 g/mol. The van der Waals surface area contributed by atoms with Crippen LogP contribution in [0.3, 0.4) is 0 Å². The standard InChI is InChI=1S/C10H21NO3S/c1-2-11(8-5-9-12)15(13,14)10-6-3-4-7-10/h10,12H,2-9H2,1H3. The topological polar surface area (TPSA) is 57.6 Å². The molecule has 0 aromatic carbocycles. The molecule has 1 saturated carbocycles. The van der Waals surface area contributed by atoms with Crippen LogP contribution in [0.5, 0.6) is 0 Å². The van der Waals surface area contributed by atoms with Crippen LogP contribution in [0, 0.1) is 0 Å². The van der Waals surface area contributed by atoms with Gasteiger partial charge in [0.15, 0.2) is 0 Å². The van der Waals surface area contributed by atoms with Crippen molar-refractivity contribution in [1.82, 2.24) is 4.31 Å². The van der Waals surface area contributed by atoms with E-state index in [2.05, 4.69) is 0 Å². The number of nitrogens with zero attached hydrogens (tertiary/aromatic N) is 1. The summed E-state index contributed by atoms with van der Waals surface area (Å²) < 4.78 is 25.7. The minimum Gasteiger partial charge on any atom is -0.396 e. The quantitative estimate of drug-likeness (QED) is 0.746. The lowest BCUT2D eigenvalue weighted by Crippen LogP contribution is -2.38. The van der Waals surface area contributed by atoms with E-state index in [1.54, 1.807) is 0 Å².